The number of nitriles is 2. The number of aromatic nitrogens is 1. The van der Waals surface area contributed by atoms with E-state index in [0.717, 1.165) is 9.54 Å². The second kappa shape index (κ2) is 6.78. The SMILES string of the molecule is Cc1ccc(S(=O)(=O)n2cc(C=CC#N)c(C=CC#N)c2)cc1. The lowest BCUT2D eigenvalue weighted by atomic mass is 10.2. The van der Waals surface area contributed by atoms with Gasteiger partial charge in [-0.25, -0.2) is 12.4 Å². The van der Waals surface area contributed by atoms with Crippen molar-refractivity contribution in [2.45, 2.75) is 11.8 Å². The zero-order valence-electron chi connectivity index (χ0n) is 12.3. The molecule has 1 aromatic heterocycles. The molecule has 0 bridgehead atoms. The summed E-state index contributed by atoms with van der Waals surface area (Å²) in [5, 5.41) is 17.3. The van der Waals surface area contributed by atoms with Gasteiger partial charge < -0.3 is 0 Å². The first-order chi connectivity index (χ1) is 11.0. The van der Waals surface area contributed by atoms with Crippen LogP contribution in [0.1, 0.15) is 16.7 Å². The Morgan fingerprint density at radius 2 is 1.43 bits per heavy atom. The molecular formula is C17H13N3O2S. The number of benzene rings is 1. The van der Waals surface area contributed by atoms with Gasteiger partial charge in [0.25, 0.3) is 10.0 Å². The van der Waals surface area contributed by atoms with Crippen LogP contribution in [0.3, 0.4) is 0 Å². The molecule has 6 heteroatoms. The normalized spacial score (nSPS) is 11.6. The van der Waals surface area contributed by atoms with Crippen LogP contribution in [0.4, 0.5) is 0 Å². The highest BCUT2D eigenvalue weighted by Gasteiger charge is 2.17. The maximum absolute atomic E-state index is 12.6. The number of allylic oxidation sites excluding steroid dienone is 2. The second-order valence-corrected chi connectivity index (χ2v) is 6.58. The Labute approximate surface area is 135 Å². The van der Waals surface area contributed by atoms with Crippen molar-refractivity contribution < 1.29 is 8.42 Å². The molecule has 1 heterocycles. The molecule has 0 spiro atoms. The molecular weight excluding hydrogens is 310 g/mol. The van der Waals surface area contributed by atoms with Crippen molar-refractivity contribution >= 4 is 22.2 Å². The molecule has 0 saturated heterocycles. The predicted molar refractivity (Wildman–Crippen MR) is 87.5 cm³/mol. The molecule has 0 radical (unpaired) electrons. The van der Waals surface area contributed by atoms with Crippen LogP contribution in [0.25, 0.3) is 12.2 Å². The van der Waals surface area contributed by atoms with E-state index in [4.69, 9.17) is 10.5 Å². The highest BCUT2D eigenvalue weighted by atomic mass is 32.2. The maximum atomic E-state index is 12.6. The fourth-order valence-electron chi connectivity index (χ4n) is 1.96. The third-order valence-corrected chi connectivity index (χ3v) is 4.77. The molecule has 1 aromatic carbocycles. The Balaban J connectivity index is 2.55. The monoisotopic (exact) mass is 323 g/mol. The van der Waals surface area contributed by atoms with E-state index in [1.807, 2.05) is 19.1 Å². The lowest BCUT2D eigenvalue weighted by molar-refractivity contribution is 0.587. The van der Waals surface area contributed by atoms with Crippen molar-refractivity contribution in [2.24, 2.45) is 0 Å². The van der Waals surface area contributed by atoms with Crippen LogP contribution < -0.4 is 0 Å². The Morgan fingerprint density at radius 3 is 1.87 bits per heavy atom. The van der Waals surface area contributed by atoms with Gasteiger partial charge in [-0.2, -0.15) is 10.5 Å². The first kappa shape index (κ1) is 16.3. The van der Waals surface area contributed by atoms with Gasteiger partial charge >= 0.3 is 0 Å². The summed E-state index contributed by atoms with van der Waals surface area (Å²) in [6.45, 7) is 1.88. The smallest absolute Gasteiger partial charge is 0.248 e. The molecule has 0 saturated carbocycles. The molecule has 0 atom stereocenters. The third kappa shape index (κ3) is 3.57. The van der Waals surface area contributed by atoms with E-state index in [-0.39, 0.29) is 4.90 Å². The fraction of sp³-hybridized carbons (Fsp3) is 0.0588. The van der Waals surface area contributed by atoms with Gasteiger partial charge in [0.15, 0.2) is 0 Å². The first-order valence-corrected chi connectivity index (χ1v) is 8.09. The fourth-order valence-corrected chi connectivity index (χ4v) is 3.19. The van der Waals surface area contributed by atoms with E-state index in [9.17, 15) is 8.42 Å². The van der Waals surface area contributed by atoms with Crippen molar-refractivity contribution in [2.75, 3.05) is 0 Å². The molecule has 0 amide bonds. The van der Waals surface area contributed by atoms with E-state index in [0.29, 0.717) is 11.1 Å². The van der Waals surface area contributed by atoms with Crippen molar-refractivity contribution in [3.05, 3.63) is 65.5 Å². The summed E-state index contributed by atoms with van der Waals surface area (Å²) in [6, 6.07) is 10.2. The lowest BCUT2D eigenvalue weighted by Crippen LogP contribution is -2.10. The summed E-state index contributed by atoms with van der Waals surface area (Å²) in [4.78, 5) is 0.171. The average Bonchev–Trinajstić information content (AvgIpc) is 2.95. The van der Waals surface area contributed by atoms with E-state index in [1.165, 1.54) is 36.7 Å². The summed E-state index contributed by atoms with van der Waals surface area (Å²) >= 11 is 0. The van der Waals surface area contributed by atoms with Crippen molar-refractivity contribution in [1.29, 1.82) is 10.5 Å². The minimum absolute atomic E-state index is 0.171. The van der Waals surface area contributed by atoms with Gasteiger partial charge in [0.1, 0.15) is 0 Å². The van der Waals surface area contributed by atoms with E-state index in [2.05, 4.69) is 0 Å². The molecule has 2 rings (SSSR count). The van der Waals surface area contributed by atoms with Crippen molar-refractivity contribution in [3.63, 3.8) is 0 Å². The molecule has 0 unspecified atom stereocenters. The summed E-state index contributed by atoms with van der Waals surface area (Å²) in [6.07, 6.45) is 8.33. The van der Waals surface area contributed by atoms with Gasteiger partial charge in [-0.3, -0.25) is 0 Å². The van der Waals surface area contributed by atoms with Gasteiger partial charge in [0, 0.05) is 35.7 Å². The number of hydrogen-bond donors (Lipinski definition) is 0. The number of hydrogen-bond acceptors (Lipinski definition) is 4. The molecule has 5 nitrogen and oxygen atoms in total. The number of nitrogens with zero attached hydrogens (tertiary/aromatic N) is 3. The van der Waals surface area contributed by atoms with Gasteiger partial charge in [0.05, 0.1) is 17.0 Å². The molecule has 0 aliphatic heterocycles. The van der Waals surface area contributed by atoms with Gasteiger partial charge in [-0.1, -0.05) is 17.7 Å². The summed E-state index contributed by atoms with van der Waals surface area (Å²) < 4.78 is 26.4. The van der Waals surface area contributed by atoms with Crippen LogP contribution in [0.15, 0.2) is 53.7 Å². The Morgan fingerprint density at radius 1 is 0.957 bits per heavy atom. The maximum Gasteiger partial charge on any atom is 0.267 e. The van der Waals surface area contributed by atoms with Gasteiger partial charge in [-0.15, -0.1) is 0 Å². The third-order valence-electron chi connectivity index (χ3n) is 3.14. The van der Waals surface area contributed by atoms with Crippen molar-refractivity contribution in [1.82, 2.24) is 3.97 Å². The molecule has 0 fully saturated rings. The van der Waals surface area contributed by atoms with Crippen LogP contribution in [0, 0.1) is 29.6 Å². The second-order valence-electron chi connectivity index (χ2n) is 4.74. The minimum atomic E-state index is -3.72. The Hall–Kier alpha value is -3.09. The van der Waals surface area contributed by atoms with E-state index < -0.39 is 10.0 Å². The quantitative estimate of drug-likeness (QED) is 0.809. The summed E-state index contributed by atoms with van der Waals surface area (Å²) in [5.74, 6) is 0. The van der Waals surface area contributed by atoms with Gasteiger partial charge in [0.2, 0.25) is 0 Å². The first-order valence-electron chi connectivity index (χ1n) is 6.65. The topological polar surface area (TPSA) is 86.7 Å². The van der Waals surface area contributed by atoms with E-state index in [1.54, 1.807) is 24.3 Å². The Kier molecular flexibility index (Phi) is 4.80. The molecule has 114 valence electrons. The van der Waals surface area contributed by atoms with E-state index >= 15 is 0 Å². The number of aryl methyl sites for hydroxylation is 1. The molecule has 0 aliphatic rings. The summed E-state index contributed by atoms with van der Waals surface area (Å²) in [7, 11) is -3.72. The average molecular weight is 323 g/mol. The molecule has 23 heavy (non-hydrogen) atoms. The number of rotatable bonds is 4. The largest absolute Gasteiger partial charge is 0.267 e. The highest BCUT2D eigenvalue weighted by molar-refractivity contribution is 7.90. The van der Waals surface area contributed by atoms with Crippen LogP contribution >= 0.6 is 0 Å². The molecule has 0 aliphatic carbocycles. The standard InChI is InChI=1S/C17H13N3O2S/c1-14-6-8-17(9-7-14)23(21,22)20-12-15(4-2-10-18)16(13-20)5-3-11-19/h2-9,12-13H,1H3. The van der Waals surface area contributed by atoms with Crippen molar-refractivity contribution in [3.8, 4) is 12.1 Å². The molecule has 2 aromatic rings. The Bertz CT molecular complexity index is 909. The summed E-state index contributed by atoms with van der Waals surface area (Å²) in [5.41, 5.74) is 2.04. The van der Waals surface area contributed by atoms with Gasteiger partial charge in [-0.05, 0) is 31.2 Å². The van der Waals surface area contributed by atoms with Crippen LogP contribution in [0.5, 0.6) is 0 Å². The minimum Gasteiger partial charge on any atom is -0.248 e. The predicted octanol–water partition coefficient (Wildman–Crippen LogP) is 3.11. The molecule has 0 N–H and O–H groups in total. The zero-order chi connectivity index (χ0) is 16.9. The van der Waals surface area contributed by atoms with Crippen LogP contribution in [0.2, 0.25) is 0 Å². The van der Waals surface area contributed by atoms with Crippen LogP contribution in [-0.2, 0) is 10.0 Å². The zero-order valence-corrected chi connectivity index (χ0v) is 13.2. The van der Waals surface area contributed by atoms with Crippen LogP contribution in [-0.4, -0.2) is 12.4 Å². The lowest BCUT2D eigenvalue weighted by Gasteiger charge is -2.05. The highest BCUT2D eigenvalue weighted by Crippen LogP contribution is 2.21.